The molecule has 0 aromatic carbocycles. The average Bonchev–Trinajstić information content (AvgIpc) is 1.87. The van der Waals surface area contributed by atoms with E-state index in [1.54, 1.807) is 0 Å². The van der Waals surface area contributed by atoms with Gasteiger partial charge in [0.1, 0.15) is 0 Å². The molecule has 0 heterocycles. The van der Waals surface area contributed by atoms with E-state index in [1.807, 2.05) is 0 Å². The molecule has 0 fully saturated rings. The van der Waals surface area contributed by atoms with Gasteiger partial charge < -0.3 is 21.1 Å². The van der Waals surface area contributed by atoms with Crippen molar-refractivity contribution in [2.24, 2.45) is 5.73 Å². The van der Waals surface area contributed by atoms with E-state index in [4.69, 9.17) is 21.1 Å². The molecule has 0 spiro atoms. The topological polar surface area (TPSA) is 86.7 Å². The van der Waals surface area contributed by atoms with Gasteiger partial charge in [-0.15, -0.1) is 0 Å². The first-order valence-electron chi connectivity index (χ1n) is 2.30. The van der Waals surface area contributed by atoms with E-state index in [0.717, 1.165) is 0 Å². The number of hydrogen-bond acceptors (Lipinski definition) is 4. The summed E-state index contributed by atoms with van der Waals surface area (Å²) in [5, 5.41) is 25.0. The summed E-state index contributed by atoms with van der Waals surface area (Å²) in [7, 11) is 0. The van der Waals surface area contributed by atoms with E-state index >= 15 is 0 Å². The Morgan fingerprint density at radius 3 is 1.22 bits per heavy atom. The zero-order valence-electron chi connectivity index (χ0n) is 4.89. The zero-order valence-corrected chi connectivity index (χ0v) is 7.43. The van der Waals surface area contributed by atoms with E-state index in [9.17, 15) is 0 Å². The molecule has 5 heteroatoms. The number of aliphatic hydroxyl groups excluding tert-OH is 3. The van der Waals surface area contributed by atoms with Crippen LogP contribution in [0.3, 0.4) is 0 Å². The molecule has 0 unspecified atom stereocenters. The van der Waals surface area contributed by atoms with Crippen LogP contribution in [0.4, 0.5) is 0 Å². The minimum atomic E-state index is -1.21. The second-order valence-corrected chi connectivity index (χ2v) is 1.84. The van der Waals surface area contributed by atoms with Crippen LogP contribution in [0.15, 0.2) is 0 Å². The first-order chi connectivity index (χ1) is 3.68. The second-order valence-electron chi connectivity index (χ2n) is 1.84. The van der Waals surface area contributed by atoms with E-state index in [0.29, 0.717) is 0 Å². The summed E-state index contributed by atoms with van der Waals surface area (Å²) < 4.78 is 0. The predicted molar refractivity (Wildman–Crippen MR) is 28.2 cm³/mol. The molecule has 9 heavy (non-hydrogen) atoms. The summed E-state index contributed by atoms with van der Waals surface area (Å²) >= 11 is 0. The summed E-state index contributed by atoms with van der Waals surface area (Å²) in [5.41, 5.74) is 3.94. The van der Waals surface area contributed by atoms with E-state index in [2.05, 4.69) is 0 Å². The summed E-state index contributed by atoms with van der Waals surface area (Å²) in [5.74, 6) is 0. The Morgan fingerprint density at radius 1 is 1.00 bits per heavy atom. The normalized spacial score (nSPS) is 10.7. The molecule has 5 N–H and O–H groups in total. The Morgan fingerprint density at radius 2 is 1.22 bits per heavy atom. The molecule has 58 valence electrons. The summed E-state index contributed by atoms with van der Waals surface area (Å²) in [6, 6.07) is 0. The molecule has 0 aromatic rings. The first kappa shape index (κ1) is 12.2. The van der Waals surface area contributed by atoms with Crippen molar-refractivity contribution >= 4 is 0 Å². The third-order valence-corrected chi connectivity index (χ3v) is 0.945. The second kappa shape index (κ2) is 5.28. The molecule has 0 saturated heterocycles. The Bertz CT molecular complexity index is 58.6. The van der Waals surface area contributed by atoms with Crippen LogP contribution < -0.4 is 5.73 Å². The van der Waals surface area contributed by atoms with Gasteiger partial charge >= 0.3 is 0 Å². The monoisotopic (exact) mass is 313 g/mol. The van der Waals surface area contributed by atoms with Gasteiger partial charge in [0.25, 0.3) is 0 Å². The van der Waals surface area contributed by atoms with Crippen molar-refractivity contribution in [3.05, 3.63) is 0 Å². The predicted octanol–water partition coefficient (Wildman–Crippen LogP) is -2.34. The van der Waals surface area contributed by atoms with Gasteiger partial charge in [0.05, 0.1) is 25.4 Å². The Kier molecular flexibility index (Phi) is 7.14. The number of aliphatic hydroxyl groups is 3. The molecule has 0 atom stereocenters. The smallest absolute Gasteiger partial charge is 0.0856 e. The molecule has 0 radical (unpaired) electrons. The summed E-state index contributed by atoms with van der Waals surface area (Å²) in [6.45, 7) is -1.21. The Balaban J connectivity index is 0. The van der Waals surface area contributed by atoms with Crippen LogP contribution in [0.2, 0.25) is 0 Å². The summed E-state index contributed by atoms with van der Waals surface area (Å²) in [4.78, 5) is 0. The van der Waals surface area contributed by atoms with Crippen molar-refractivity contribution in [1.82, 2.24) is 0 Å². The van der Waals surface area contributed by atoms with Gasteiger partial charge in [-0.1, -0.05) is 0 Å². The summed E-state index contributed by atoms with van der Waals surface area (Å²) in [6.07, 6.45) is 0. The van der Waals surface area contributed by atoms with Gasteiger partial charge in [0.15, 0.2) is 0 Å². The number of hydrogen-bond donors (Lipinski definition) is 4. The number of rotatable bonds is 3. The zero-order chi connectivity index (χ0) is 6.62. The molecule has 0 rings (SSSR count). The van der Waals surface area contributed by atoms with Gasteiger partial charge in [-0.2, -0.15) is 0 Å². The average molecular weight is 311 g/mol. The van der Waals surface area contributed by atoms with Crippen LogP contribution in [0.5, 0.6) is 0 Å². The van der Waals surface area contributed by atoms with Gasteiger partial charge in [-0.05, 0) is 0 Å². The maximum atomic E-state index is 8.34. The van der Waals surface area contributed by atoms with Gasteiger partial charge in [0.2, 0.25) is 0 Å². The maximum Gasteiger partial charge on any atom is 0.0856 e. The van der Waals surface area contributed by atoms with Gasteiger partial charge in [-0.25, -0.2) is 0 Å². The molecule has 0 bridgehead atoms. The van der Waals surface area contributed by atoms with E-state index < -0.39 is 25.4 Å². The fourth-order valence-electron chi connectivity index (χ4n) is 0.150. The molecular formula is C4H11NO3Os. The van der Waals surface area contributed by atoms with Gasteiger partial charge in [-0.3, -0.25) is 0 Å². The SMILES string of the molecule is NC(CO)(CO)CO.[Os]. The van der Waals surface area contributed by atoms with Crippen LogP contribution in [-0.4, -0.2) is 40.7 Å². The van der Waals surface area contributed by atoms with E-state index in [-0.39, 0.29) is 19.8 Å². The van der Waals surface area contributed by atoms with Crippen molar-refractivity contribution in [2.45, 2.75) is 5.54 Å². The van der Waals surface area contributed by atoms with Crippen molar-refractivity contribution in [2.75, 3.05) is 19.8 Å². The minimum Gasteiger partial charge on any atom is -0.394 e. The fourth-order valence-corrected chi connectivity index (χ4v) is 0.150. The van der Waals surface area contributed by atoms with Crippen LogP contribution in [0.25, 0.3) is 0 Å². The van der Waals surface area contributed by atoms with Crippen LogP contribution in [0, 0.1) is 0 Å². The third kappa shape index (κ3) is 3.96. The van der Waals surface area contributed by atoms with Crippen molar-refractivity contribution < 1.29 is 35.1 Å². The Hall–Kier alpha value is 0.476. The molecule has 0 aliphatic carbocycles. The minimum absolute atomic E-state index is 0. The molecule has 0 aliphatic heterocycles. The van der Waals surface area contributed by atoms with Crippen molar-refractivity contribution in [1.29, 1.82) is 0 Å². The molecule has 0 amide bonds. The van der Waals surface area contributed by atoms with Crippen LogP contribution in [-0.2, 0) is 19.8 Å². The standard InChI is InChI=1S/C4H11NO3.Os/c5-4(1-6,2-7)3-8;/h6-8H,1-3,5H2;. The third-order valence-electron chi connectivity index (χ3n) is 0.945. The largest absolute Gasteiger partial charge is 0.394 e. The molecule has 0 aromatic heterocycles. The fraction of sp³-hybridized carbons (Fsp3) is 1.00. The van der Waals surface area contributed by atoms with Crippen LogP contribution >= 0.6 is 0 Å². The van der Waals surface area contributed by atoms with Crippen LogP contribution in [0.1, 0.15) is 0 Å². The number of nitrogens with two attached hydrogens (primary N) is 1. The maximum absolute atomic E-state index is 8.34. The first-order valence-corrected chi connectivity index (χ1v) is 2.30. The molecule has 0 aliphatic rings. The molecule has 0 saturated carbocycles. The van der Waals surface area contributed by atoms with Crippen molar-refractivity contribution in [3.8, 4) is 0 Å². The van der Waals surface area contributed by atoms with Gasteiger partial charge in [0, 0.05) is 19.8 Å². The Labute approximate surface area is 66.7 Å². The quantitative estimate of drug-likeness (QED) is 0.470. The molecular weight excluding hydrogens is 300 g/mol. The van der Waals surface area contributed by atoms with Crippen molar-refractivity contribution in [3.63, 3.8) is 0 Å². The van der Waals surface area contributed by atoms with E-state index in [1.165, 1.54) is 0 Å². The molecule has 4 nitrogen and oxygen atoms in total.